The van der Waals surface area contributed by atoms with Gasteiger partial charge in [-0.2, -0.15) is 13.2 Å². The van der Waals surface area contributed by atoms with Crippen molar-refractivity contribution in [2.75, 3.05) is 17.8 Å². The van der Waals surface area contributed by atoms with Crippen LogP contribution in [0.3, 0.4) is 0 Å². The Morgan fingerprint density at radius 3 is 2.52 bits per heavy atom. The van der Waals surface area contributed by atoms with Gasteiger partial charge in [0.25, 0.3) is 10.0 Å². The highest BCUT2D eigenvalue weighted by atomic mass is 32.2. The van der Waals surface area contributed by atoms with Crippen LogP contribution in [0.4, 0.5) is 18.9 Å². The van der Waals surface area contributed by atoms with E-state index in [4.69, 9.17) is 4.74 Å². The van der Waals surface area contributed by atoms with Crippen molar-refractivity contribution in [2.45, 2.75) is 30.0 Å². The summed E-state index contributed by atoms with van der Waals surface area (Å²) in [4.78, 5) is 0.0416. The van der Waals surface area contributed by atoms with Gasteiger partial charge >= 0.3 is 6.18 Å². The Labute approximate surface area is 178 Å². The number of nitrogens with one attached hydrogen (secondary N) is 2. The molecule has 0 amide bonds. The summed E-state index contributed by atoms with van der Waals surface area (Å²) in [5, 5.41) is 4.32. The Balaban J connectivity index is 1.72. The van der Waals surface area contributed by atoms with E-state index in [1.165, 1.54) is 6.07 Å². The molecule has 0 radical (unpaired) electrons. The molecular weight excluding hydrogens is 429 g/mol. The number of halogens is 3. The van der Waals surface area contributed by atoms with E-state index in [2.05, 4.69) is 10.0 Å². The molecule has 1 fully saturated rings. The first-order valence-electron chi connectivity index (χ1n) is 9.69. The molecule has 1 atom stereocenters. The summed E-state index contributed by atoms with van der Waals surface area (Å²) >= 11 is 0. The van der Waals surface area contributed by atoms with Gasteiger partial charge in [-0.1, -0.05) is 36.4 Å². The first-order chi connectivity index (χ1) is 14.6. The molecule has 0 unspecified atom stereocenters. The number of alkyl halides is 3. The molecule has 5 nitrogen and oxygen atoms in total. The summed E-state index contributed by atoms with van der Waals surface area (Å²) in [6.07, 6.45) is -4.10. The van der Waals surface area contributed by atoms with Crippen molar-refractivity contribution in [1.29, 1.82) is 0 Å². The lowest BCUT2D eigenvalue weighted by Crippen LogP contribution is -2.35. The second kappa shape index (κ2) is 7.72. The average molecular weight is 450 g/mol. The van der Waals surface area contributed by atoms with Crippen molar-refractivity contribution >= 4 is 26.5 Å². The molecule has 164 valence electrons. The van der Waals surface area contributed by atoms with Crippen molar-refractivity contribution in [1.82, 2.24) is 5.32 Å². The fraction of sp³-hybridized carbons (Fsp3) is 0.273. The van der Waals surface area contributed by atoms with Crippen molar-refractivity contribution in [3.05, 3.63) is 66.2 Å². The van der Waals surface area contributed by atoms with Crippen LogP contribution in [-0.2, 0) is 16.2 Å². The van der Waals surface area contributed by atoms with Crippen LogP contribution in [0.25, 0.3) is 10.8 Å². The van der Waals surface area contributed by atoms with E-state index < -0.39 is 33.1 Å². The standard InChI is InChI=1S/C22H21F3N2O3S/c1-21(11-12-26-14-21)30-19-13-16(9-10-18(19)22(23,24)25)27-31(28,29)20-8-4-6-15-5-2-3-7-17(15)20/h2-10,13,26-27H,11-12,14H2,1H3/t21-/m1/s1. The van der Waals surface area contributed by atoms with Crippen molar-refractivity contribution in [3.63, 3.8) is 0 Å². The fourth-order valence-electron chi connectivity index (χ4n) is 3.69. The van der Waals surface area contributed by atoms with Crippen LogP contribution in [0.1, 0.15) is 18.9 Å². The van der Waals surface area contributed by atoms with Crippen LogP contribution in [-0.4, -0.2) is 27.1 Å². The van der Waals surface area contributed by atoms with Gasteiger partial charge in [-0.3, -0.25) is 4.72 Å². The van der Waals surface area contributed by atoms with Gasteiger partial charge in [0.05, 0.1) is 16.1 Å². The molecule has 0 saturated carbocycles. The van der Waals surface area contributed by atoms with E-state index >= 15 is 0 Å². The second-order valence-corrected chi connectivity index (χ2v) is 9.42. The summed E-state index contributed by atoms with van der Waals surface area (Å²) in [6.45, 7) is 2.75. The minimum absolute atomic E-state index is 0.00881. The number of hydrogen-bond donors (Lipinski definition) is 2. The maximum Gasteiger partial charge on any atom is 0.419 e. The summed E-state index contributed by atoms with van der Waals surface area (Å²) in [7, 11) is -4.05. The second-order valence-electron chi connectivity index (χ2n) is 7.77. The summed E-state index contributed by atoms with van der Waals surface area (Å²) in [6, 6.07) is 14.9. The zero-order valence-electron chi connectivity index (χ0n) is 16.7. The molecule has 0 aliphatic carbocycles. The van der Waals surface area contributed by atoms with Gasteiger partial charge in [-0.15, -0.1) is 0 Å². The molecule has 4 rings (SSSR count). The van der Waals surface area contributed by atoms with E-state index in [1.807, 2.05) is 0 Å². The predicted molar refractivity (Wildman–Crippen MR) is 113 cm³/mol. The molecule has 0 aromatic heterocycles. The van der Waals surface area contributed by atoms with Crippen LogP contribution in [0, 0.1) is 0 Å². The number of rotatable bonds is 5. The number of anilines is 1. The van der Waals surface area contributed by atoms with Crippen molar-refractivity contribution in [3.8, 4) is 5.75 Å². The maximum absolute atomic E-state index is 13.5. The fourth-order valence-corrected chi connectivity index (χ4v) is 4.97. The minimum Gasteiger partial charge on any atom is -0.485 e. The zero-order chi connectivity index (χ0) is 22.3. The van der Waals surface area contributed by atoms with Crippen molar-refractivity contribution in [2.24, 2.45) is 0 Å². The normalized spacial score (nSPS) is 19.5. The highest BCUT2D eigenvalue weighted by Crippen LogP contribution is 2.40. The number of fused-ring (bicyclic) bond motifs is 1. The molecular formula is C22H21F3N2O3S. The lowest BCUT2D eigenvalue weighted by molar-refractivity contribution is -0.139. The van der Waals surface area contributed by atoms with E-state index in [1.54, 1.807) is 43.3 Å². The van der Waals surface area contributed by atoms with Gasteiger partial charge in [0.15, 0.2) is 0 Å². The third kappa shape index (κ3) is 4.47. The van der Waals surface area contributed by atoms with Crippen LogP contribution in [0.2, 0.25) is 0 Å². The first kappa shape index (κ1) is 21.5. The van der Waals surface area contributed by atoms with Gasteiger partial charge in [-0.25, -0.2) is 8.42 Å². The van der Waals surface area contributed by atoms with Gasteiger partial charge in [-0.05, 0) is 37.1 Å². The van der Waals surface area contributed by atoms with Gasteiger partial charge in [0, 0.05) is 24.4 Å². The molecule has 0 spiro atoms. The average Bonchev–Trinajstić information content (AvgIpc) is 3.12. The Morgan fingerprint density at radius 2 is 1.81 bits per heavy atom. The van der Waals surface area contributed by atoms with E-state index in [-0.39, 0.29) is 10.6 Å². The minimum atomic E-state index is -4.63. The smallest absolute Gasteiger partial charge is 0.419 e. The molecule has 1 heterocycles. The zero-order valence-corrected chi connectivity index (χ0v) is 17.5. The largest absolute Gasteiger partial charge is 0.485 e. The number of hydrogen-bond acceptors (Lipinski definition) is 4. The Hall–Kier alpha value is -2.78. The maximum atomic E-state index is 13.5. The van der Waals surface area contributed by atoms with E-state index in [9.17, 15) is 21.6 Å². The lowest BCUT2D eigenvalue weighted by atomic mass is 10.1. The quantitative estimate of drug-likeness (QED) is 0.587. The molecule has 31 heavy (non-hydrogen) atoms. The molecule has 1 aliphatic rings. The molecule has 1 saturated heterocycles. The SMILES string of the molecule is C[C@@]1(Oc2cc(NS(=O)(=O)c3cccc4ccccc34)ccc2C(F)(F)F)CCNC1. The number of ether oxygens (including phenoxy) is 1. The van der Waals surface area contributed by atoms with Crippen molar-refractivity contribution < 1.29 is 26.3 Å². The van der Waals surface area contributed by atoms with E-state index in [0.29, 0.717) is 24.9 Å². The van der Waals surface area contributed by atoms with E-state index in [0.717, 1.165) is 23.6 Å². The third-order valence-corrected chi connectivity index (χ3v) is 6.70. The summed E-state index contributed by atoms with van der Waals surface area (Å²) in [5.74, 6) is -0.406. The Kier molecular flexibility index (Phi) is 5.35. The van der Waals surface area contributed by atoms with Crippen LogP contribution in [0.5, 0.6) is 5.75 Å². The lowest BCUT2D eigenvalue weighted by Gasteiger charge is -2.27. The highest BCUT2D eigenvalue weighted by Gasteiger charge is 2.38. The van der Waals surface area contributed by atoms with Gasteiger partial charge < -0.3 is 10.1 Å². The number of benzene rings is 3. The summed E-state index contributed by atoms with van der Waals surface area (Å²) in [5.41, 5.74) is -1.77. The molecule has 0 bridgehead atoms. The Morgan fingerprint density at radius 1 is 1.06 bits per heavy atom. The molecule has 1 aliphatic heterocycles. The molecule has 3 aromatic rings. The van der Waals surface area contributed by atoms with Crippen LogP contribution in [0.15, 0.2) is 65.6 Å². The molecule has 2 N–H and O–H groups in total. The topological polar surface area (TPSA) is 67.4 Å². The number of sulfonamides is 1. The Bertz CT molecular complexity index is 1210. The van der Waals surface area contributed by atoms with Crippen LogP contribution < -0.4 is 14.8 Å². The predicted octanol–water partition coefficient (Wildman–Crippen LogP) is 4.79. The first-order valence-corrected chi connectivity index (χ1v) is 11.2. The molecule has 3 aromatic carbocycles. The highest BCUT2D eigenvalue weighted by molar-refractivity contribution is 7.93. The van der Waals surface area contributed by atoms with Gasteiger partial charge in [0.2, 0.25) is 0 Å². The summed E-state index contributed by atoms with van der Waals surface area (Å²) < 4.78 is 74.8. The van der Waals surface area contributed by atoms with Gasteiger partial charge in [0.1, 0.15) is 11.4 Å². The third-order valence-electron chi connectivity index (χ3n) is 5.26. The molecule has 9 heteroatoms. The monoisotopic (exact) mass is 450 g/mol. The van der Waals surface area contributed by atoms with Crippen LogP contribution >= 0.6 is 0 Å².